The third-order valence-electron chi connectivity index (χ3n) is 7.22. The Labute approximate surface area is 197 Å². The second-order valence-electron chi connectivity index (χ2n) is 9.11. The van der Waals surface area contributed by atoms with Crippen molar-refractivity contribution >= 4 is 28.6 Å². The predicted molar refractivity (Wildman–Crippen MR) is 131 cm³/mol. The van der Waals surface area contributed by atoms with Crippen molar-refractivity contribution in [2.75, 3.05) is 23.3 Å². The molecule has 0 atom stereocenters. The summed E-state index contributed by atoms with van der Waals surface area (Å²) in [5.41, 5.74) is 4.22. The van der Waals surface area contributed by atoms with Crippen LogP contribution in [0.15, 0.2) is 43.0 Å². The highest BCUT2D eigenvalue weighted by molar-refractivity contribution is 6.06. The van der Waals surface area contributed by atoms with Gasteiger partial charge in [0, 0.05) is 38.1 Å². The van der Waals surface area contributed by atoms with Crippen LogP contribution in [0, 0.1) is 0 Å². The molecule has 1 fully saturated rings. The lowest BCUT2D eigenvalue weighted by Gasteiger charge is -2.38. The molecule has 0 bridgehead atoms. The minimum atomic E-state index is -0.457. The quantitative estimate of drug-likeness (QED) is 0.493. The zero-order valence-corrected chi connectivity index (χ0v) is 19.5. The SMILES string of the molecule is CCCn1cc(-c2nc3c(N4CCC5(CC4)C(=O)Nc4ccccc45)ncnc3n2CC)cn1. The molecular weight excluding hydrogens is 428 g/mol. The van der Waals surface area contributed by atoms with E-state index in [4.69, 9.17) is 4.98 Å². The average molecular weight is 457 g/mol. The fourth-order valence-corrected chi connectivity index (χ4v) is 5.48. The molecule has 4 aromatic rings. The lowest BCUT2D eigenvalue weighted by atomic mass is 9.73. The van der Waals surface area contributed by atoms with E-state index in [1.807, 2.05) is 35.3 Å². The van der Waals surface area contributed by atoms with Gasteiger partial charge >= 0.3 is 0 Å². The molecule has 1 amide bonds. The van der Waals surface area contributed by atoms with Gasteiger partial charge in [0.25, 0.3) is 0 Å². The number of carbonyl (C=O) groups excluding carboxylic acids is 1. The average Bonchev–Trinajstić information content (AvgIpc) is 3.55. The maximum atomic E-state index is 13.0. The number of nitrogens with zero attached hydrogens (tertiary/aromatic N) is 7. The van der Waals surface area contributed by atoms with Crippen LogP contribution in [-0.4, -0.2) is 48.3 Å². The molecule has 9 nitrogen and oxygen atoms in total. The van der Waals surface area contributed by atoms with Gasteiger partial charge in [0.1, 0.15) is 12.2 Å². The molecule has 34 heavy (non-hydrogen) atoms. The molecule has 0 saturated carbocycles. The van der Waals surface area contributed by atoms with Crippen molar-refractivity contribution in [2.24, 2.45) is 0 Å². The highest BCUT2D eigenvalue weighted by Crippen LogP contribution is 2.45. The van der Waals surface area contributed by atoms with Crippen molar-refractivity contribution in [3.8, 4) is 11.4 Å². The Hall–Kier alpha value is -3.75. The van der Waals surface area contributed by atoms with E-state index in [1.54, 1.807) is 6.33 Å². The summed E-state index contributed by atoms with van der Waals surface area (Å²) in [5, 5.41) is 7.57. The minimum absolute atomic E-state index is 0.114. The van der Waals surface area contributed by atoms with Crippen molar-refractivity contribution in [3.63, 3.8) is 0 Å². The summed E-state index contributed by atoms with van der Waals surface area (Å²) in [6, 6.07) is 8.06. The molecule has 0 aliphatic carbocycles. The van der Waals surface area contributed by atoms with E-state index < -0.39 is 5.41 Å². The first-order chi connectivity index (χ1) is 16.6. The Kier molecular flexibility index (Phi) is 4.86. The van der Waals surface area contributed by atoms with E-state index in [0.717, 1.165) is 85.1 Å². The number of hydrogen-bond acceptors (Lipinski definition) is 6. The number of carbonyl (C=O) groups is 1. The molecule has 5 heterocycles. The Morgan fingerprint density at radius 1 is 1.12 bits per heavy atom. The van der Waals surface area contributed by atoms with Crippen LogP contribution in [0.4, 0.5) is 11.5 Å². The van der Waals surface area contributed by atoms with Crippen molar-refractivity contribution in [1.29, 1.82) is 0 Å². The number of imidazole rings is 1. The highest BCUT2D eigenvalue weighted by Gasteiger charge is 2.48. The first-order valence-electron chi connectivity index (χ1n) is 12.0. The molecule has 6 rings (SSSR count). The van der Waals surface area contributed by atoms with Crippen LogP contribution in [0.2, 0.25) is 0 Å². The van der Waals surface area contributed by atoms with Gasteiger partial charge < -0.3 is 14.8 Å². The van der Waals surface area contributed by atoms with Gasteiger partial charge in [-0.15, -0.1) is 0 Å². The third kappa shape index (κ3) is 3.03. The van der Waals surface area contributed by atoms with Gasteiger partial charge in [0.2, 0.25) is 5.91 Å². The van der Waals surface area contributed by atoms with Gasteiger partial charge in [0.05, 0.1) is 17.2 Å². The van der Waals surface area contributed by atoms with Crippen LogP contribution >= 0.6 is 0 Å². The molecule has 174 valence electrons. The van der Waals surface area contributed by atoms with Crippen molar-refractivity contribution in [1.82, 2.24) is 29.3 Å². The standard InChI is InChI=1S/C25H28N8O/c1-3-11-32-15-17(14-28-32)21-30-20-22(26-16-27-23(20)33(21)4-2)31-12-9-25(10-13-31)18-7-5-6-8-19(18)29-24(25)34/h5-8,14-16H,3-4,9-13H2,1-2H3,(H,29,34). The van der Waals surface area contributed by atoms with Gasteiger partial charge in [0.15, 0.2) is 17.0 Å². The van der Waals surface area contributed by atoms with Gasteiger partial charge in [-0.25, -0.2) is 15.0 Å². The Bertz CT molecular complexity index is 1380. The van der Waals surface area contributed by atoms with Crippen molar-refractivity contribution in [3.05, 3.63) is 48.5 Å². The summed E-state index contributed by atoms with van der Waals surface area (Å²) in [5.74, 6) is 1.81. The topological polar surface area (TPSA) is 93.8 Å². The van der Waals surface area contributed by atoms with Gasteiger partial charge in [-0.1, -0.05) is 25.1 Å². The molecule has 2 aliphatic rings. The number of fused-ring (bicyclic) bond motifs is 3. The van der Waals surface area contributed by atoms with Crippen LogP contribution in [-0.2, 0) is 23.3 Å². The van der Waals surface area contributed by atoms with Crippen LogP contribution in [0.3, 0.4) is 0 Å². The van der Waals surface area contributed by atoms with E-state index in [2.05, 4.69) is 49.8 Å². The smallest absolute Gasteiger partial charge is 0.235 e. The van der Waals surface area contributed by atoms with E-state index in [-0.39, 0.29) is 5.91 Å². The highest BCUT2D eigenvalue weighted by atomic mass is 16.2. The second-order valence-corrected chi connectivity index (χ2v) is 9.11. The normalized spacial score (nSPS) is 16.9. The summed E-state index contributed by atoms with van der Waals surface area (Å²) in [6.07, 6.45) is 8.05. The van der Waals surface area contributed by atoms with Crippen molar-refractivity contribution in [2.45, 2.75) is 51.6 Å². The number of aryl methyl sites for hydroxylation is 2. The zero-order valence-electron chi connectivity index (χ0n) is 19.5. The Morgan fingerprint density at radius 3 is 2.74 bits per heavy atom. The summed E-state index contributed by atoms with van der Waals surface area (Å²) in [4.78, 5) is 29.5. The molecular formula is C25H28N8O. The van der Waals surface area contributed by atoms with Crippen LogP contribution < -0.4 is 10.2 Å². The lowest BCUT2D eigenvalue weighted by molar-refractivity contribution is -0.121. The largest absolute Gasteiger partial charge is 0.355 e. The molecule has 1 spiro atoms. The number of amides is 1. The van der Waals surface area contributed by atoms with Gasteiger partial charge in [-0.3, -0.25) is 9.48 Å². The fourth-order valence-electron chi connectivity index (χ4n) is 5.48. The number of nitrogens with one attached hydrogen (secondary N) is 1. The monoisotopic (exact) mass is 456 g/mol. The summed E-state index contributed by atoms with van der Waals surface area (Å²) in [6.45, 7) is 7.34. The number of rotatable bonds is 5. The van der Waals surface area contributed by atoms with E-state index in [1.165, 1.54) is 0 Å². The third-order valence-corrected chi connectivity index (χ3v) is 7.22. The van der Waals surface area contributed by atoms with Gasteiger partial charge in [-0.05, 0) is 37.8 Å². The maximum Gasteiger partial charge on any atom is 0.235 e. The first-order valence-corrected chi connectivity index (χ1v) is 12.0. The lowest BCUT2D eigenvalue weighted by Crippen LogP contribution is -2.46. The number of hydrogen-bond donors (Lipinski definition) is 1. The molecule has 3 aromatic heterocycles. The van der Waals surface area contributed by atoms with Crippen LogP contribution in [0.1, 0.15) is 38.7 Å². The Balaban J connectivity index is 1.34. The molecule has 0 unspecified atom stereocenters. The molecule has 1 N–H and O–H groups in total. The second kappa shape index (κ2) is 7.93. The Morgan fingerprint density at radius 2 is 1.94 bits per heavy atom. The van der Waals surface area contributed by atoms with Crippen molar-refractivity contribution < 1.29 is 4.79 Å². The summed E-state index contributed by atoms with van der Waals surface area (Å²) >= 11 is 0. The van der Waals surface area contributed by atoms with Gasteiger partial charge in [-0.2, -0.15) is 5.10 Å². The first kappa shape index (κ1) is 20.8. The van der Waals surface area contributed by atoms with E-state index >= 15 is 0 Å². The maximum absolute atomic E-state index is 13.0. The predicted octanol–water partition coefficient (Wildman–Crippen LogP) is 3.61. The number of aromatic nitrogens is 6. The molecule has 1 aromatic carbocycles. The van der Waals surface area contributed by atoms with Crippen LogP contribution in [0.5, 0.6) is 0 Å². The van der Waals surface area contributed by atoms with E-state index in [9.17, 15) is 4.79 Å². The number of piperidine rings is 1. The molecule has 9 heteroatoms. The number of benzene rings is 1. The van der Waals surface area contributed by atoms with E-state index in [0.29, 0.717) is 0 Å². The fraction of sp³-hybridized carbons (Fsp3) is 0.400. The number of para-hydroxylation sites is 1. The molecule has 0 radical (unpaired) electrons. The minimum Gasteiger partial charge on any atom is -0.355 e. The summed E-state index contributed by atoms with van der Waals surface area (Å²) < 4.78 is 4.08. The zero-order chi connectivity index (χ0) is 23.3. The molecule has 2 aliphatic heterocycles. The molecule has 1 saturated heterocycles. The summed E-state index contributed by atoms with van der Waals surface area (Å²) in [7, 11) is 0. The number of anilines is 2. The van der Waals surface area contributed by atoms with Crippen LogP contribution in [0.25, 0.3) is 22.6 Å².